The van der Waals surface area contributed by atoms with Gasteiger partial charge in [-0.3, -0.25) is 4.79 Å². The Balaban J connectivity index is 1.57. The van der Waals surface area contributed by atoms with Gasteiger partial charge in [0.05, 0.1) is 19.7 Å². The third kappa shape index (κ3) is 3.41. The molecule has 0 aromatic carbocycles. The summed E-state index contributed by atoms with van der Waals surface area (Å²) in [7, 11) is 0. The summed E-state index contributed by atoms with van der Waals surface area (Å²) in [5, 5.41) is 3.26. The number of hydrogen-bond acceptors (Lipinski definition) is 5. The number of rotatable bonds is 6. The maximum atomic E-state index is 13.3. The minimum absolute atomic E-state index is 0.0169. The molecule has 0 bridgehead atoms. The average molecular weight is 365 g/mol. The van der Waals surface area contributed by atoms with E-state index in [4.69, 9.17) is 4.74 Å². The molecule has 1 aromatic heterocycles. The van der Waals surface area contributed by atoms with Gasteiger partial charge in [-0.25, -0.2) is 13.8 Å². The number of nitrogens with zero attached hydrogens (tertiary/aromatic N) is 2. The van der Waals surface area contributed by atoms with Crippen LogP contribution in [0.25, 0.3) is 0 Å². The molecule has 0 spiro atoms. The normalized spacial score (nSPS) is 26.5. The van der Waals surface area contributed by atoms with Gasteiger partial charge in [0.15, 0.2) is 5.78 Å². The third-order valence-corrected chi connectivity index (χ3v) is 5.62. The van der Waals surface area contributed by atoms with Crippen molar-refractivity contribution in [2.45, 2.75) is 32.6 Å². The molecule has 142 valence electrons. The number of carbonyl (C=O) groups is 1. The van der Waals surface area contributed by atoms with Gasteiger partial charge in [0, 0.05) is 19.0 Å². The Morgan fingerprint density at radius 2 is 2.08 bits per heavy atom. The number of hydrogen-bond donors (Lipinski definition) is 1. The van der Waals surface area contributed by atoms with Gasteiger partial charge < -0.3 is 15.0 Å². The van der Waals surface area contributed by atoms with Crippen LogP contribution in [-0.2, 0) is 0 Å². The van der Waals surface area contributed by atoms with Crippen molar-refractivity contribution in [2.75, 3.05) is 37.7 Å². The second-order valence-electron chi connectivity index (χ2n) is 8.52. The number of ketones is 1. The van der Waals surface area contributed by atoms with Gasteiger partial charge in [-0.15, -0.1) is 0 Å². The van der Waals surface area contributed by atoms with E-state index in [9.17, 15) is 13.6 Å². The van der Waals surface area contributed by atoms with E-state index in [2.05, 4.69) is 24.1 Å². The lowest BCUT2D eigenvalue weighted by molar-refractivity contribution is -0.0265. The number of aromatic nitrogens is 1. The van der Waals surface area contributed by atoms with Crippen LogP contribution in [0.3, 0.4) is 0 Å². The molecule has 4 rings (SSSR count). The summed E-state index contributed by atoms with van der Waals surface area (Å²) in [6, 6.07) is 3.35. The first-order valence-corrected chi connectivity index (χ1v) is 9.27. The van der Waals surface area contributed by atoms with Gasteiger partial charge in [0.2, 0.25) is 5.88 Å². The fourth-order valence-corrected chi connectivity index (χ4v) is 3.65. The monoisotopic (exact) mass is 365 g/mol. The largest absolute Gasteiger partial charge is 0.476 e. The van der Waals surface area contributed by atoms with Crippen molar-refractivity contribution in [3.05, 3.63) is 17.8 Å². The molecule has 1 atom stereocenters. The molecule has 0 radical (unpaired) electrons. The predicted molar refractivity (Wildman–Crippen MR) is 94.1 cm³/mol. The molecular formula is C19H25F2N3O2. The number of carbonyl (C=O) groups excluding carboxylic acids is 1. The number of nitrogens with one attached hydrogen (secondary N) is 1. The SMILES string of the molecule is CC1(C)CNCC1C(=O)c1ccc(N2CC(F)(F)C2)c(OCC2CC2)n1. The van der Waals surface area contributed by atoms with E-state index in [1.165, 1.54) is 0 Å². The fourth-order valence-electron chi connectivity index (χ4n) is 3.65. The minimum atomic E-state index is -2.66. The molecule has 1 aliphatic carbocycles. The highest BCUT2D eigenvalue weighted by Gasteiger charge is 2.45. The van der Waals surface area contributed by atoms with Crippen molar-refractivity contribution in [3.63, 3.8) is 0 Å². The van der Waals surface area contributed by atoms with E-state index in [-0.39, 0.29) is 30.2 Å². The van der Waals surface area contributed by atoms with Crippen LogP contribution in [-0.4, -0.2) is 49.5 Å². The predicted octanol–water partition coefficient (Wildman–Crippen LogP) is 2.75. The lowest BCUT2D eigenvalue weighted by atomic mass is 9.78. The Hall–Kier alpha value is -1.76. The Labute approximate surface area is 152 Å². The Kier molecular flexibility index (Phi) is 4.17. The number of Topliss-reactive ketones (excluding diaryl/α,β-unsaturated/α-hetero) is 1. The third-order valence-electron chi connectivity index (χ3n) is 5.62. The van der Waals surface area contributed by atoms with E-state index >= 15 is 0 Å². The molecule has 2 saturated heterocycles. The summed E-state index contributed by atoms with van der Waals surface area (Å²) in [6.45, 7) is 5.41. The van der Waals surface area contributed by atoms with Crippen molar-refractivity contribution in [2.24, 2.45) is 17.3 Å². The second-order valence-corrected chi connectivity index (χ2v) is 8.52. The molecule has 1 N–H and O–H groups in total. The zero-order valence-electron chi connectivity index (χ0n) is 15.2. The van der Waals surface area contributed by atoms with Gasteiger partial charge in [-0.1, -0.05) is 13.8 Å². The standard InChI is InChI=1S/C19H25F2N3O2/c1-18(2)9-22-7-13(18)16(25)14-5-6-15(24-10-19(20,21)11-24)17(23-14)26-8-12-3-4-12/h5-6,12-13,22H,3-4,7-11H2,1-2H3. The molecule has 3 heterocycles. The van der Waals surface area contributed by atoms with Gasteiger partial charge in [0.1, 0.15) is 11.4 Å². The molecule has 1 unspecified atom stereocenters. The molecule has 2 aliphatic heterocycles. The number of pyridine rings is 1. The average Bonchev–Trinajstić information content (AvgIpc) is 3.31. The molecule has 0 amide bonds. The number of ether oxygens (including phenoxy) is 1. The highest BCUT2D eigenvalue weighted by Crippen LogP contribution is 2.39. The molecule has 1 saturated carbocycles. The highest BCUT2D eigenvalue weighted by molar-refractivity contribution is 5.97. The molecule has 7 heteroatoms. The van der Waals surface area contributed by atoms with E-state index in [0.29, 0.717) is 36.3 Å². The van der Waals surface area contributed by atoms with Crippen LogP contribution in [0.4, 0.5) is 14.5 Å². The van der Waals surface area contributed by atoms with Crippen LogP contribution >= 0.6 is 0 Å². The maximum Gasteiger partial charge on any atom is 0.282 e. The van der Waals surface area contributed by atoms with Crippen LogP contribution in [0, 0.1) is 17.3 Å². The quantitative estimate of drug-likeness (QED) is 0.786. The summed E-state index contributed by atoms with van der Waals surface area (Å²) < 4.78 is 32.4. The van der Waals surface area contributed by atoms with Crippen LogP contribution in [0.5, 0.6) is 5.88 Å². The first-order chi connectivity index (χ1) is 12.3. The van der Waals surface area contributed by atoms with Gasteiger partial charge in [-0.05, 0) is 36.3 Å². The maximum absolute atomic E-state index is 13.3. The van der Waals surface area contributed by atoms with Crippen LogP contribution in [0.15, 0.2) is 12.1 Å². The lowest BCUT2D eigenvalue weighted by Crippen LogP contribution is -2.56. The number of alkyl halides is 2. The molecule has 1 aromatic rings. The van der Waals surface area contributed by atoms with Crippen molar-refractivity contribution in [1.82, 2.24) is 10.3 Å². The van der Waals surface area contributed by atoms with E-state index in [1.807, 2.05) is 0 Å². The topological polar surface area (TPSA) is 54.5 Å². The number of halogens is 2. The lowest BCUT2D eigenvalue weighted by Gasteiger charge is -2.40. The zero-order valence-corrected chi connectivity index (χ0v) is 15.2. The Bertz CT molecular complexity index is 711. The Morgan fingerprint density at radius 3 is 2.65 bits per heavy atom. The summed E-state index contributed by atoms with van der Waals surface area (Å²) in [4.78, 5) is 18.9. The summed E-state index contributed by atoms with van der Waals surface area (Å²) in [5.74, 6) is -2.01. The highest BCUT2D eigenvalue weighted by atomic mass is 19.3. The van der Waals surface area contributed by atoms with Crippen LogP contribution < -0.4 is 15.0 Å². The van der Waals surface area contributed by atoms with Crippen molar-refractivity contribution < 1.29 is 18.3 Å². The van der Waals surface area contributed by atoms with Crippen LogP contribution in [0.1, 0.15) is 37.2 Å². The Morgan fingerprint density at radius 1 is 1.35 bits per heavy atom. The molecule has 5 nitrogen and oxygen atoms in total. The molecule has 3 fully saturated rings. The first-order valence-electron chi connectivity index (χ1n) is 9.27. The fraction of sp³-hybridized carbons (Fsp3) is 0.684. The second kappa shape index (κ2) is 6.15. The number of anilines is 1. The van der Waals surface area contributed by atoms with E-state index in [1.54, 1.807) is 17.0 Å². The van der Waals surface area contributed by atoms with Crippen molar-refractivity contribution in [3.8, 4) is 5.88 Å². The minimum Gasteiger partial charge on any atom is -0.476 e. The zero-order chi connectivity index (χ0) is 18.5. The molecular weight excluding hydrogens is 340 g/mol. The summed E-state index contributed by atoms with van der Waals surface area (Å²) in [5.41, 5.74) is 0.775. The smallest absolute Gasteiger partial charge is 0.282 e. The summed E-state index contributed by atoms with van der Waals surface area (Å²) in [6.07, 6.45) is 2.25. The first kappa shape index (κ1) is 17.6. The summed E-state index contributed by atoms with van der Waals surface area (Å²) >= 11 is 0. The van der Waals surface area contributed by atoms with E-state index < -0.39 is 5.92 Å². The van der Waals surface area contributed by atoms with Crippen LogP contribution in [0.2, 0.25) is 0 Å². The molecule has 26 heavy (non-hydrogen) atoms. The van der Waals surface area contributed by atoms with Crippen molar-refractivity contribution in [1.29, 1.82) is 0 Å². The molecule has 3 aliphatic rings. The van der Waals surface area contributed by atoms with Gasteiger partial charge >= 0.3 is 0 Å². The van der Waals surface area contributed by atoms with E-state index in [0.717, 1.165) is 19.4 Å². The van der Waals surface area contributed by atoms with Crippen molar-refractivity contribution >= 4 is 11.5 Å². The van der Waals surface area contributed by atoms with Gasteiger partial charge in [0.25, 0.3) is 5.92 Å². The van der Waals surface area contributed by atoms with Gasteiger partial charge in [-0.2, -0.15) is 0 Å².